The Morgan fingerprint density at radius 3 is 1.67 bits per heavy atom. The summed E-state index contributed by atoms with van der Waals surface area (Å²) in [5, 5.41) is 0. The van der Waals surface area contributed by atoms with Crippen LogP contribution in [0.1, 0.15) is 47.0 Å². The summed E-state index contributed by atoms with van der Waals surface area (Å²) in [6.07, 6.45) is 2.69. The summed E-state index contributed by atoms with van der Waals surface area (Å²) in [6, 6.07) is 0. The van der Waals surface area contributed by atoms with E-state index in [4.69, 9.17) is 0 Å². The van der Waals surface area contributed by atoms with Gasteiger partial charge < -0.3 is 0 Å². The predicted molar refractivity (Wildman–Crippen MR) is 48.5 cm³/mol. The molecule has 74 valence electrons. The van der Waals surface area contributed by atoms with Gasteiger partial charge >= 0.3 is 0 Å². The van der Waals surface area contributed by atoms with Crippen molar-refractivity contribution in [2.45, 2.75) is 52.9 Å². The van der Waals surface area contributed by atoms with Crippen molar-refractivity contribution < 1.29 is 8.78 Å². The molecule has 0 amide bonds. The van der Waals surface area contributed by atoms with Crippen molar-refractivity contribution >= 4 is 0 Å². The molecule has 0 saturated heterocycles. The van der Waals surface area contributed by atoms with E-state index >= 15 is 0 Å². The van der Waals surface area contributed by atoms with Crippen LogP contribution in [0, 0.1) is 11.8 Å². The third-order valence-electron chi connectivity index (χ3n) is 2.19. The van der Waals surface area contributed by atoms with Crippen LogP contribution >= 0.6 is 0 Å². The molecule has 0 N–H and O–H groups in total. The van der Waals surface area contributed by atoms with Gasteiger partial charge in [-0.25, -0.2) is 8.78 Å². The quantitative estimate of drug-likeness (QED) is 0.523. The van der Waals surface area contributed by atoms with Crippen LogP contribution in [0.5, 0.6) is 0 Å². The Kier molecular flexibility index (Phi) is 4.15. The Labute approximate surface area is 74.4 Å². The van der Waals surface area contributed by atoms with E-state index in [0.717, 1.165) is 6.42 Å². The summed E-state index contributed by atoms with van der Waals surface area (Å²) in [4.78, 5) is 0. The highest BCUT2D eigenvalue weighted by molar-refractivity contribution is 4.99. The molecule has 2 unspecified atom stereocenters. The molecular weight excluding hydrogens is 158 g/mol. The molecule has 0 nitrogen and oxygen atoms in total. The fourth-order valence-electron chi connectivity index (χ4n) is 1.66. The van der Waals surface area contributed by atoms with E-state index < -0.39 is 5.92 Å². The predicted octanol–water partition coefficient (Wildman–Crippen LogP) is 4.10. The minimum Gasteiger partial charge on any atom is -0.207 e. The van der Waals surface area contributed by atoms with Crippen molar-refractivity contribution in [2.24, 2.45) is 11.8 Å². The third-order valence-corrected chi connectivity index (χ3v) is 2.19. The van der Waals surface area contributed by atoms with E-state index in [2.05, 4.69) is 13.8 Å². The topological polar surface area (TPSA) is 0 Å². The molecule has 0 bridgehead atoms. The van der Waals surface area contributed by atoms with Crippen molar-refractivity contribution in [3.05, 3.63) is 0 Å². The van der Waals surface area contributed by atoms with Gasteiger partial charge in [0.1, 0.15) is 0 Å². The van der Waals surface area contributed by atoms with Crippen molar-refractivity contribution in [1.82, 2.24) is 0 Å². The molecule has 0 radical (unpaired) electrons. The number of hydrogen-bond donors (Lipinski definition) is 0. The van der Waals surface area contributed by atoms with Crippen LogP contribution in [0.2, 0.25) is 0 Å². The lowest BCUT2D eigenvalue weighted by Gasteiger charge is -2.07. The first-order valence-corrected chi connectivity index (χ1v) is 4.47. The number of halogens is 2. The van der Waals surface area contributed by atoms with Crippen molar-refractivity contribution in [3.63, 3.8) is 0 Å². The second-order valence-electron chi connectivity index (χ2n) is 3.73. The van der Waals surface area contributed by atoms with Gasteiger partial charge in [-0.1, -0.05) is 27.7 Å². The SMILES string of the molecule is C.CCC.FC1(F)CC2CC2C1. The lowest BCUT2D eigenvalue weighted by Crippen LogP contribution is -2.11. The molecule has 0 aromatic rings. The Morgan fingerprint density at radius 2 is 1.50 bits per heavy atom. The lowest BCUT2D eigenvalue weighted by atomic mass is 10.2. The summed E-state index contributed by atoms with van der Waals surface area (Å²) in [5.74, 6) is -1.47. The molecule has 2 aliphatic carbocycles. The molecule has 0 aromatic heterocycles. The van der Waals surface area contributed by atoms with Crippen molar-refractivity contribution in [2.75, 3.05) is 0 Å². The summed E-state index contributed by atoms with van der Waals surface area (Å²) >= 11 is 0. The molecule has 0 heterocycles. The van der Waals surface area contributed by atoms with Gasteiger partial charge in [0.05, 0.1) is 0 Å². The van der Waals surface area contributed by atoms with Gasteiger partial charge in [-0.15, -0.1) is 0 Å². The Morgan fingerprint density at radius 1 is 1.17 bits per heavy atom. The van der Waals surface area contributed by atoms with Gasteiger partial charge in [0.25, 0.3) is 0 Å². The van der Waals surface area contributed by atoms with Gasteiger partial charge in [0.15, 0.2) is 0 Å². The zero-order valence-corrected chi connectivity index (χ0v) is 7.24. The summed E-state index contributed by atoms with van der Waals surface area (Å²) in [7, 11) is 0. The summed E-state index contributed by atoms with van der Waals surface area (Å²) < 4.78 is 24.5. The zero-order chi connectivity index (χ0) is 8.48. The maximum absolute atomic E-state index is 12.2. The minimum atomic E-state index is -2.28. The van der Waals surface area contributed by atoms with Crippen LogP contribution in [0.25, 0.3) is 0 Å². The molecule has 2 rings (SSSR count). The third kappa shape index (κ3) is 3.08. The zero-order valence-electron chi connectivity index (χ0n) is 7.24. The van der Waals surface area contributed by atoms with Gasteiger partial charge in [-0.05, 0) is 18.3 Å². The molecular formula is C10H20F2. The average Bonchev–Trinajstić information content (AvgIpc) is 2.40. The van der Waals surface area contributed by atoms with E-state index in [1.807, 2.05) is 0 Å². The second kappa shape index (κ2) is 4.20. The summed E-state index contributed by atoms with van der Waals surface area (Å²) in [6.45, 7) is 4.25. The van der Waals surface area contributed by atoms with Crippen LogP contribution in [0.4, 0.5) is 8.78 Å². The van der Waals surface area contributed by atoms with Crippen molar-refractivity contribution in [3.8, 4) is 0 Å². The highest BCUT2D eigenvalue weighted by atomic mass is 19.3. The number of alkyl halides is 2. The van der Waals surface area contributed by atoms with Crippen molar-refractivity contribution in [1.29, 1.82) is 0 Å². The standard InChI is InChI=1S/C6H8F2.C3H8.CH4/c7-6(8)2-4-1-5(4)3-6;1-3-2;/h4-5H,1-3H2;3H2,1-2H3;1H4. The molecule has 2 atom stereocenters. The van der Waals surface area contributed by atoms with Crippen LogP contribution < -0.4 is 0 Å². The first-order chi connectivity index (χ1) is 5.09. The van der Waals surface area contributed by atoms with Gasteiger partial charge in [-0.3, -0.25) is 0 Å². The average molecular weight is 178 g/mol. The highest BCUT2D eigenvalue weighted by Crippen LogP contribution is 2.57. The number of hydrogen-bond acceptors (Lipinski definition) is 0. The normalized spacial score (nSPS) is 34.0. The fourth-order valence-corrected chi connectivity index (χ4v) is 1.66. The minimum absolute atomic E-state index is 0. The molecule has 2 heteroatoms. The Balaban J connectivity index is 0.000000272. The Bertz CT molecular complexity index is 120. The molecule has 0 aromatic carbocycles. The van der Waals surface area contributed by atoms with Crippen LogP contribution in [0.3, 0.4) is 0 Å². The fraction of sp³-hybridized carbons (Fsp3) is 1.00. The first-order valence-electron chi connectivity index (χ1n) is 4.47. The van der Waals surface area contributed by atoms with Gasteiger partial charge in [-0.2, -0.15) is 0 Å². The maximum Gasteiger partial charge on any atom is 0.248 e. The van der Waals surface area contributed by atoms with E-state index in [9.17, 15) is 8.78 Å². The van der Waals surface area contributed by atoms with E-state index in [-0.39, 0.29) is 20.3 Å². The Hall–Kier alpha value is -0.140. The molecule has 12 heavy (non-hydrogen) atoms. The maximum atomic E-state index is 12.2. The molecule has 0 aliphatic heterocycles. The van der Waals surface area contributed by atoms with Gasteiger partial charge in [0.2, 0.25) is 5.92 Å². The monoisotopic (exact) mass is 178 g/mol. The largest absolute Gasteiger partial charge is 0.248 e. The molecule has 0 spiro atoms. The van der Waals surface area contributed by atoms with Crippen LogP contribution in [-0.2, 0) is 0 Å². The smallest absolute Gasteiger partial charge is 0.207 e. The van der Waals surface area contributed by atoms with E-state index in [0.29, 0.717) is 11.8 Å². The van der Waals surface area contributed by atoms with Crippen LogP contribution in [0.15, 0.2) is 0 Å². The number of rotatable bonds is 0. The van der Waals surface area contributed by atoms with Crippen LogP contribution in [-0.4, -0.2) is 5.92 Å². The molecule has 2 aliphatic rings. The van der Waals surface area contributed by atoms with E-state index in [1.165, 1.54) is 6.42 Å². The number of fused-ring (bicyclic) bond motifs is 1. The lowest BCUT2D eigenvalue weighted by molar-refractivity contribution is -0.00347. The van der Waals surface area contributed by atoms with Gasteiger partial charge in [0, 0.05) is 12.8 Å². The first kappa shape index (κ1) is 11.9. The summed E-state index contributed by atoms with van der Waals surface area (Å²) in [5.41, 5.74) is 0. The highest BCUT2D eigenvalue weighted by Gasteiger charge is 2.54. The second-order valence-corrected chi connectivity index (χ2v) is 3.73. The molecule has 2 saturated carbocycles. The van der Waals surface area contributed by atoms with E-state index in [1.54, 1.807) is 0 Å². The molecule has 2 fully saturated rings.